The molecule has 1 aromatic rings. The van der Waals surface area contributed by atoms with Crippen molar-refractivity contribution in [2.75, 3.05) is 7.11 Å². The summed E-state index contributed by atoms with van der Waals surface area (Å²) in [6.45, 7) is 6.22. The highest BCUT2D eigenvalue weighted by Crippen LogP contribution is 2.35. The standard InChI is InChI=1S/C14H21ClN2O3/c1-8(2)17-7-10-5-11(15)6-12(19-4)13(10)20-9(3)14(16)18/h5-6,8-9,17H,7H2,1-4H3,(H2,16,18). The number of carbonyl (C=O) groups excluding carboxylic acids is 1. The molecule has 112 valence electrons. The van der Waals surface area contributed by atoms with Crippen LogP contribution in [-0.2, 0) is 11.3 Å². The van der Waals surface area contributed by atoms with Crippen molar-refractivity contribution in [3.8, 4) is 11.5 Å². The molecule has 0 spiro atoms. The third kappa shape index (κ3) is 4.58. The minimum absolute atomic E-state index is 0.307. The summed E-state index contributed by atoms with van der Waals surface area (Å²) in [5, 5.41) is 3.82. The van der Waals surface area contributed by atoms with Gasteiger partial charge in [-0.25, -0.2) is 0 Å². The number of hydrogen-bond donors (Lipinski definition) is 2. The van der Waals surface area contributed by atoms with E-state index in [-0.39, 0.29) is 0 Å². The predicted octanol–water partition coefficient (Wildman–Crippen LogP) is 2.10. The fourth-order valence-corrected chi connectivity index (χ4v) is 1.82. The lowest BCUT2D eigenvalue weighted by Gasteiger charge is -2.19. The molecule has 1 aromatic carbocycles. The van der Waals surface area contributed by atoms with E-state index in [1.807, 2.05) is 13.8 Å². The summed E-state index contributed by atoms with van der Waals surface area (Å²) in [5.74, 6) is 0.423. The Morgan fingerprint density at radius 1 is 1.40 bits per heavy atom. The average Bonchev–Trinajstić information content (AvgIpc) is 2.37. The van der Waals surface area contributed by atoms with Gasteiger partial charge in [0.1, 0.15) is 0 Å². The van der Waals surface area contributed by atoms with E-state index in [0.717, 1.165) is 5.56 Å². The van der Waals surface area contributed by atoms with Gasteiger partial charge in [0, 0.05) is 29.2 Å². The maximum atomic E-state index is 11.2. The Hall–Kier alpha value is -1.46. The highest BCUT2D eigenvalue weighted by Gasteiger charge is 2.18. The van der Waals surface area contributed by atoms with Gasteiger partial charge in [-0.2, -0.15) is 0 Å². The maximum Gasteiger partial charge on any atom is 0.258 e. The van der Waals surface area contributed by atoms with Crippen LogP contribution in [0.15, 0.2) is 12.1 Å². The minimum Gasteiger partial charge on any atom is -0.493 e. The van der Waals surface area contributed by atoms with Crippen LogP contribution < -0.4 is 20.5 Å². The number of benzene rings is 1. The Morgan fingerprint density at radius 3 is 2.55 bits per heavy atom. The molecular formula is C14H21ClN2O3. The van der Waals surface area contributed by atoms with Gasteiger partial charge in [-0.1, -0.05) is 25.4 Å². The van der Waals surface area contributed by atoms with E-state index in [4.69, 9.17) is 26.8 Å². The first kappa shape index (κ1) is 16.6. The summed E-state index contributed by atoms with van der Waals surface area (Å²) in [6.07, 6.45) is -0.747. The highest BCUT2D eigenvalue weighted by molar-refractivity contribution is 6.30. The molecule has 1 amide bonds. The molecule has 0 aliphatic heterocycles. The van der Waals surface area contributed by atoms with Crippen molar-refractivity contribution in [3.63, 3.8) is 0 Å². The quantitative estimate of drug-likeness (QED) is 0.809. The SMILES string of the molecule is COc1cc(Cl)cc(CNC(C)C)c1OC(C)C(N)=O. The van der Waals surface area contributed by atoms with Gasteiger partial charge in [0.2, 0.25) is 0 Å². The molecule has 0 radical (unpaired) electrons. The molecule has 3 N–H and O–H groups in total. The minimum atomic E-state index is -0.747. The monoisotopic (exact) mass is 300 g/mol. The van der Waals surface area contributed by atoms with Crippen LogP contribution in [0.25, 0.3) is 0 Å². The molecule has 1 rings (SSSR count). The van der Waals surface area contributed by atoms with Crippen LogP contribution in [0.2, 0.25) is 5.02 Å². The summed E-state index contributed by atoms with van der Waals surface area (Å²) in [6, 6.07) is 3.73. The third-order valence-electron chi connectivity index (χ3n) is 2.71. The van der Waals surface area contributed by atoms with Gasteiger partial charge >= 0.3 is 0 Å². The van der Waals surface area contributed by atoms with Gasteiger partial charge in [0.05, 0.1) is 7.11 Å². The van der Waals surface area contributed by atoms with Gasteiger partial charge in [-0.05, 0) is 13.0 Å². The van der Waals surface area contributed by atoms with E-state index in [2.05, 4.69) is 5.32 Å². The number of ether oxygens (including phenoxy) is 2. The van der Waals surface area contributed by atoms with E-state index >= 15 is 0 Å². The molecule has 0 aromatic heterocycles. The Bertz CT molecular complexity index is 478. The zero-order valence-electron chi connectivity index (χ0n) is 12.2. The van der Waals surface area contributed by atoms with Crippen molar-refractivity contribution in [1.29, 1.82) is 0 Å². The predicted molar refractivity (Wildman–Crippen MR) is 79.3 cm³/mol. The van der Waals surface area contributed by atoms with E-state index in [0.29, 0.717) is 29.1 Å². The van der Waals surface area contributed by atoms with Crippen LogP contribution in [0.4, 0.5) is 0 Å². The zero-order chi connectivity index (χ0) is 15.3. The largest absolute Gasteiger partial charge is 0.493 e. The number of halogens is 1. The van der Waals surface area contributed by atoms with E-state index < -0.39 is 12.0 Å². The van der Waals surface area contributed by atoms with Gasteiger partial charge < -0.3 is 20.5 Å². The van der Waals surface area contributed by atoms with Crippen molar-refractivity contribution in [2.24, 2.45) is 5.73 Å². The number of hydrogen-bond acceptors (Lipinski definition) is 4. The number of nitrogens with one attached hydrogen (secondary N) is 1. The molecule has 0 heterocycles. The topological polar surface area (TPSA) is 73.6 Å². The number of methoxy groups -OCH3 is 1. The fourth-order valence-electron chi connectivity index (χ4n) is 1.59. The highest BCUT2D eigenvalue weighted by atomic mass is 35.5. The summed E-state index contributed by atoms with van der Waals surface area (Å²) < 4.78 is 10.9. The Balaban J connectivity index is 3.11. The average molecular weight is 301 g/mol. The first-order valence-corrected chi connectivity index (χ1v) is 6.78. The maximum absolute atomic E-state index is 11.2. The Kier molecular flexibility index (Phi) is 6.10. The molecule has 1 atom stereocenters. The molecule has 5 nitrogen and oxygen atoms in total. The van der Waals surface area contributed by atoms with E-state index in [1.165, 1.54) is 7.11 Å². The number of primary amides is 1. The molecule has 0 fully saturated rings. The van der Waals surface area contributed by atoms with Crippen molar-refractivity contribution >= 4 is 17.5 Å². The number of nitrogens with two attached hydrogens (primary N) is 1. The van der Waals surface area contributed by atoms with Crippen LogP contribution in [0.3, 0.4) is 0 Å². The van der Waals surface area contributed by atoms with Gasteiger partial charge in [0.15, 0.2) is 17.6 Å². The summed E-state index contributed by atoms with van der Waals surface area (Å²) in [5.41, 5.74) is 6.05. The zero-order valence-corrected chi connectivity index (χ0v) is 13.0. The van der Waals surface area contributed by atoms with Gasteiger partial charge in [-0.15, -0.1) is 0 Å². The summed E-state index contributed by atoms with van der Waals surface area (Å²) >= 11 is 6.06. The van der Waals surface area contributed by atoms with Crippen LogP contribution in [0.5, 0.6) is 11.5 Å². The summed E-state index contributed by atoms with van der Waals surface area (Å²) in [7, 11) is 1.52. The van der Waals surface area contributed by atoms with E-state index in [1.54, 1.807) is 19.1 Å². The van der Waals surface area contributed by atoms with Gasteiger partial charge in [-0.3, -0.25) is 4.79 Å². The van der Waals surface area contributed by atoms with Crippen molar-refractivity contribution in [1.82, 2.24) is 5.32 Å². The molecule has 0 aliphatic carbocycles. The Morgan fingerprint density at radius 2 is 2.05 bits per heavy atom. The van der Waals surface area contributed by atoms with Gasteiger partial charge in [0.25, 0.3) is 5.91 Å². The van der Waals surface area contributed by atoms with Crippen LogP contribution in [-0.4, -0.2) is 25.2 Å². The second-order valence-electron chi connectivity index (χ2n) is 4.79. The fraction of sp³-hybridized carbons (Fsp3) is 0.500. The molecule has 1 unspecified atom stereocenters. The molecule has 0 saturated heterocycles. The first-order chi connectivity index (χ1) is 9.35. The first-order valence-electron chi connectivity index (χ1n) is 6.41. The Labute approximate surface area is 124 Å². The molecular weight excluding hydrogens is 280 g/mol. The normalized spacial score (nSPS) is 12.3. The number of carbonyl (C=O) groups is 1. The lowest BCUT2D eigenvalue weighted by molar-refractivity contribution is -0.124. The second kappa shape index (κ2) is 7.36. The molecule has 6 heteroatoms. The smallest absolute Gasteiger partial charge is 0.258 e. The van der Waals surface area contributed by atoms with Crippen LogP contribution in [0, 0.1) is 0 Å². The lowest BCUT2D eigenvalue weighted by atomic mass is 10.1. The second-order valence-corrected chi connectivity index (χ2v) is 5.23. The number of rotatable bonds is 7. The molecule has 20 heavy (non-hydrogen) atoms. The summed E-state index contributed by atoms with van der Waals surface area (Å²) in [4.78, 5) is 11.2. The van der Waals surface area contributed by atoms with Crippen molar-refractivity contribution in [3.05, 3.63) is 22.7 Å². The van der Waals surface area contributed by atoms with Crippen molar-refractivity contribution in [2.45, 2.75) is 39.5 Å². The van der Waals surface area contributed by atoms with Crippen LogP contribution >= 0.6 is 11.6 Å². The van der Waals surface area contributed by atoms with Crippen LogP contribution in [0.1, 0.15) is 26.3 Å². The number of amides is 1. The lowest BCUT2D eigenvalue weighted by Crippen LogP contribution is -2.31. The van der Waals surface area contributed by atoms with Crippen molar-refractivity contribution < 1.29 is 14.3 Å². The molecule has 0 aliphatic rings. The van der Waals surface area contributed by atoms with E-state index in [9.17, 15) is 4.79 Å². The molecule has 0 saturated carbocycles. The molecule has 0 bridgehead atoms. The third-order valence-corrected chi connectivity index (χ3v) is 2.93.